The topological polar surface area (TPSA) is 40.5 Å². The molecule has 0 spiro atoms. The van der Waals surface area contributed by atoms with Crippen LogP contribution in [0.2, 0.25) is 5.02 Å². The molecule has 1 aliphatic rings. The number of halogens is 1. The van der Waals surface area contributed by atoms with Gasteiger partial charge in [0, 0.05) is 5.02 Å². The Hall–Kier alpha value is -1.06. The molecule has 1 saturated heterocycles. The van der Waals surface area contributed by atoms with Crippen molar-refractivity contribution in [2.75, 3.05) is 19.6 Å². The molecule has 0 aromatic heterocycles. The number of likely N-dealkylation sites (tertiary alicyclic amines) is 1. The highest BCUT2D eigenvalue weighted by atomic mass is 35.5. The molecule has 0 amide bonds. The Morgan fingerprint density at radius 3 is 2.72 bits per heavy atom. The van der Waals surface area contributed by atoms with Gasteiger partial charge in [-0.3, -0.25) is 4.79 Å². The van der Waals surface area contributed by atoms with E-state index < -0.39 is 11.9 Å². The first-order valence-corrected chi connectivity index (χ1v) is 6.75. The first-order chi connectivity index (χ1) is 8.66. The summed E-state index contributed by atoms with van der Waals surface area (Å²) >= 11 is 5.92. The number of nitrogens with zero attached hydrogens (tertiary/aromatic N) is 1. The molecule has 1 aromatic rings. The summed E-state index contributed by atoms with van der Waals surface area (Å²) in [5.74, 6) is -1.22. The minimum Gasteiger partial charge on any atom is -0.481 e. The fourth-order valence-electron chi connectivity index (χ4n) is 2.47. The molecule has 1 aromatic carbocycles. The molecule has 98 valence electrons. The predicted molar refractivity (Wildman–Crippen MR) is 72.1 cm³/mol. The maximum atomic E-state index is 11.4. The zero-order chi connectivity index (χ0) is 13.0. The van der Waals surface area contributed by atoms with Gasteiger partial charge in [-0.25, -0.2) is 0 Å². The number of hydrogen-bond donors (Lipinski definition) is 1. The van der Waals surface area contributed by atoms with Gasteiger partial charge in [0.05, 0.1) is 5.92 Å². The van der Waals surface area contributed by atoms with E-state index in [1.54, 1.807) is 12.1 Å². The third kappa shape index (κ3) is 3.47. The molecule has 18 heavy (non-hydrogen) atoms. The molecule has 1 heterocycles. The molecule has 1 fully saturated rings. The maximum Gasteiger partial charge on any atom is 0.311 e. The second-order valence-electron chi connectivity index (χ2n) is 4.78. The van der Waals surface area contributed by atoms with Crippen LogP contribution in [0.1, 0.15) is 30.7 Å². The van der Waals surface area contributed by atoms with Gasteiger partial charge >= 0.3 is 5.97 Å². The van der Waals surface area contributed by atoms with Crippen molar-refractivity contribution in [2.24, 2.45) is 0 Å². The van der Waals surface area contributed by atoms with Crippen LogP contribution in [0.4, 0.5) is 0 Å². The maximum absolute atomic E-state index is 11.4. The van der Waals surface area contributed by atoms with Crippen LogP contribution in [0.3, 0.4) is 0 Å². The number of benzene rings is 1. The summed E-state index contributed by atoms with van der Waals surface area (Å²) in [5, 5.41) is 9.93. The highest BCUT2D eigenvalue weighted by molar-refractivity contribution is 6.30. The lowest BCUT2D eigenvalue weighted by molar-refractivity contribution is -0.139. The summed E-state index contributed by atoms with van der Waals surface area (Å²) in [6, 6.07) is 7.17. The minimum atomic E-state index is -0.767. The second kappa shape index (κ2) is 6.21. The van der Waals surface area contributed by atoms with Crippen LogP contribution in [-0.4, -0.2) is 35.6 Å². The van der Waals surface area contributed by atoms with Crippen molar-refractivity contribution in [1.29, 1.82) is 0 Å². The smallest absolute Gasteiger partial charge is 0.311 e. The highest BCUT2D eigenvalue weighted by Gasteiger charge is 2.22. The quantitative estimate of drug-likeness (QED) is 0.892. The molecule has 0 aliphatic carbocycles. The summed E-state index contributed by atoms with van der Waals surface area (Å²) in [6.45, 7) is 3.05. The number of rotatable bonds is 5. The molecule has 1 N–H and O–H groups in total. The first kappa shape index (κ1) is 13.4. The third-order valence-corrected chi connectivity index (χ3v) is 3.72. The summed E-state index contributed by atoms with van der Waals surface area (Å²) in [6.07, 6.45) is 3.11. The second-order valence-corrected chi connectivity index (χ2v) is 5.22. The Morgan fingerprint density at radius 1 is 1.39 bits per heavy atom. The fourth-order valence-corrected chi connectivity index (χ4v) is 2.67. The van der Waals surface area contributed by atoms with E-state index in [4.69, 9.17) is 11.6 Å². The average molecular weight is 268 g/mol. The van der Waals surface area contributed by atoms with E-state index in [0.717, 1.165) is 25.2 Å². The van der Waals surface area contributed by atoms with Crippen molar-refractivity contribution in [3.63, 3.8) is 0 Å². The molecule has 4 heteroatoms. The Kier molecular flexibility index (Phi) is 4.61. The first-order valence-electron chi connectivity index (χ1n) is 6.37. The monoisotopic (exact) mass is 267 g/mol. The van der Waals surface area contributed by atoms with E-state index in [2.05, 4.69) is 4.90 Å². The summed E-state index contributed by atoms with van der Waals surface area (Å²) in [7, 11) is 0. The lowest BCUT2D eigenvalue weighted by atomic mass is 9.96. The van der Waals surface area contributed by atoms with Crippen LogP contribution in [0.25, 0.3) is 0 Å². The van der Waals surface area contributed by atoms with Crippen molar-refractivity contribution >= 4 is 17.6 Å². The van der Waals surface area contributed by atoms with Gasteiger partial charge in [0.2, 0.25) is 0 Å². The van der Waals surface area contributed by atoms with Crippen molar-refractivity contribution in [3.8, 4) is 0 Å². The lowest BCUT2D eigenvalue weighted by Gasteiger charge is -2.18. The van der Waals surface area contributed by atoms with Gasteiger partial charge in [-0.15, -0.1) is 0 Å². The van der Waals surface area contributed by atoms with Gasteiger partial charge in [-0.2, -0.15) is 0 Å². The molecule has 0 saturated carbocycles. The average Bonchev–Trinajstić information content (AvgIpc) is 2.82. The van der Waals surface area contributed by atoms with Gasteiger partial charge in [0.15, 0.2) is 0 Å². The van der Waals surface area contributed by atoms with Crippen LogP contribution in [0.15, 0.2) is 24.3 Å². The number of carbonyl (C=O) groups is 1. The molecule has 0 unspecified atom stereocenters. The number of carboxylic acid groups (broad SMARTS) is 1. The molecular weight excluding hydrogens is 250 g/mol. The summed E-state index contributed by atoms with van der Waals surface area (Å²) < 4.78 is 0. The minimum absolute atomic E-state index is 0.454. The molecule has 2 rings (SSSR count). The van der Waals surface area contributed by atoms with Crippen molar-refractivity contribution in [3.05, 3.63) is 34.9 Å². The van der Waals surface area contributed by atoms with E-state index in [-0.39, 0.29) is 0 Å². The molecule has 3 nitrogen and oxygen atoms in total. The van der Waals surface area contributed by atoms with E-state index in [0.29, 0.717) is 11.4 Å². The van der Waals surface area contributed by atoms with E-state index in [1.165, 1.54) is 12.8 Å². The van der Waals surface area contributed by atoms with Gasteiger partial charge < -0.3 is 10.0 Å². The number of aliphatic carboxylic acids is 1. The van der Waals surface area contributed by atoms with Gasteiger partial charge in [-0.05, 0) is 56.6 Å². The largest absolute Gasteiger partial charge is 0.481 e. The van der Waals surface area contributed by atoms with Crippen LogP contribution < -0.4 is 0 Å². The number of carboxylic acids is 1. The van der Waals surface area contributed by atoms with Crippen molar-refractivity contribution in [1.82, 2.24) is 4.90 Å². The van der Waals surface area contributed by atoms with E-state index >= 15 is 0 Å². The van der Waals surface area contributed by atoms with Gasteiger partial charge in [0.1, 0.15) is 0 Å². The summed E-state index contributed by atoms with van der Waals surface area (Å²) in [5.41, 5.74) is 0.800. The zero-order valence-corrected chi connectivity index (χ0v) is 11.1. The zero-order valence-electron chi connectivity index (χ0n) is 10.3. The molecule has 0 radical (unpaired) electrons. The molecule has 0 bridgehead atoms. The van der Waals surface area contributed by atoms with Crippen molar-refractivity contribution in [2.45, 2.75) is 25.2 Å². The Labute approximate surface area is 112 Å². The Balaban J connectivity index is 2.01. The van der Waals surface area contributed by atoms with E-state index in [9.17, 15) is 9.90 Å². The number of hydrogen-bond acceptors (Lipinski definition) is 2. The van der Waals surface area contributed by atoms with Crippen LogP contribution >= 0.6 is 11.6 Å². The third-order valence-electron chi connectivity index (χ3n) is 3.48. The molecule has 1 aliphatic heterocycles. The van der Waals surface area contributed by atoms with Gasteiger partial charge in [-0.1, -0.05) is 23.7 Å². The van der Waals surface area contributed by atoms with Crippen molar-refractivity contribution < 1.29 is 9.90 Å². The Bertz CT molecular complexity index is 416. The standard InChI is InChI=1S/C14H18ClNO2/c15-12-5-3-4-11(10-12)13(14(17)18)6-9-16-7-1-2-8-16/h3-5,10,13H,1-2,6-9H2,(H,17,18)/t13-/m0/s1. The SMILES string of the molecule is O=C(O)[C@@H](CCN1CCCC1)c1cccc(Cl)c1. The van der Waals surface area contributed by atoms with Crippen LogP contribution in [0.5, 0.6) is 0 Å². The molecular formula is C14H18ClNO2. The lowest BCUT2D eigenvalue weighted by Crippen LogP contribution is -2.24. The highest BCUT2D eigenvalue weighted by Crippen LogP contribution is 2.24. The fraction of sp³-hybridized carbons (Fsp3) is 0.500. The van der Waals surface area contributed by atoms with E-state index in [1.807, 2.05) is 12.1 Å². The van der Waals surface area contributed by atoms with Crippen LogP contribution in [0, 0.1) is 0 Å². The predicted octanol–water partition coefficient (Wildman–Crippen LogP) is 2.99. The Morgan fingerprint density at radius 2 is 2.11 bits per heavy atom. The van der Waals surface area contributed by atoms with Crippen LogP contribution in [-0.2, 0) is 4.79 Å². The van der Waals surface area contributed by atoms with Gasteiger partial charge in [0.25, 0.3) is 0 Å². The normalized spacial score (nSPS) is 17.8. The molecule has 1 atom stereocenters. The summed E-state index contributed by atoms with van der Waals surface area (Å²) in [4.78, 5) is 13.7.